The summed E-state index contributed by atoms with van der Waals surface area (Å²) in [5, 5.41) is 8.50. The van der Waals surface area contributed by atoms with Crippen LogP contribution in [0, 0.1) is 67.5 Å². The maximum Gasteiger partial charge on any atom is 0.303 e. The van der Waals surface area contributed by atoms with Gasteiger partial charge in [0.2, 0.25) is 0 Å². The van der Waals surface area contributed by atoms with Crippen molar-refractivity contribution in [1.82, 2.24) is 0 Å². The molecule has 0 amide bonds. The Morgan fingerprint density at radius 1 is 0.600 bits per heavy atom. The minimum absolute atomic E-state index is 0.324. The van der Waals surface area contributed by atoms with E-state index in [0.717, 1.165) is 55.3 Å². The Balaban J connectivity index is 0.000000214. The number of fused-ring (bicyclic) bond motifs is 6. The smallest absolute Gasteiger partial charge is 0.303 e. The molecule has 9 aliphatic carbocycles. The molecule has 1 N–H and O–H groups in total. The second-order valence-electron chi connectivity index (χ2n) is 20.9. The molecule has 9 unspecified atom stereocenters. The van der Waals surface area contributed by atoms with Crippen LogP contribution in [0.25, 0.3) is 0 Å². The Kier molecular flexibility index (Phi) is 12.0. The average Bonchev–Trinajstić information content (AvgIpc) is 3.06. The molecular weight excluding hydrogens is 609 g/mol. The summed E-state index contributed by atoms with van der Waals surface area (Å²) >= 11 is 0. The van der Waals surface area contributed by atoms with Gasteiger partial charge in [0.15, 0.2) is 0 Å². The predicted molar refractivity (Wildman–Crippen MR) is 214 cm³/mol. The van der Waals surface area contributed by atoms with Gasteiger partial charge >= 0.3 is 5.97 Å². The van der Waals surface area contributed by atoms with Crippen LogP contribution in [0.1, 0.15) is 204 Å². The molecule has 50 heavy (non-hydrogen) atoms. The number of hydrogen-bond donors (Lipinski definition) is 1. The van der Waals surface area contributed by atoms with E-state index in [1.807, 2.05) is 0 Å². The van der Waals surface area contributed by atoms with Gasteiger partial charge in [-0.3, -0.25) is 4.79 Å². The van der Waals surface area contributed by atoms with E-state index < -0.39 is 5.97 Å². The number of rotatable bonds is 16. The Hall–Kier alpha value is -1.05. The maximum absolute atomic E-state index is 10.3. The number of hydrogen-bond acceptors (Lipinski definition) is 1. The zero-order chi connectivity index (χ0) is 36.6. The first-order valence-electron chi connectivity index (χ1n) is 22.1. The first-order chi connectivity index (χ1) is 23.5. The third kappa shape index (κ3) is 5.78. The topological polar surface area (TPSA) is 37.3 Å². The summed E-state index contributed by atoms with van der Waals surface area (Å²) < 4.78 is 0. The molecular formula is C48H82O2. The van der Waals surface area contributed by atoms with E-state index in [4.69, 9.17) is 5.11 Å². The molecule has 2 heteroatoms. The second-order valence-corrected chi connectivity index (χ2v) is 20.9. The molecule has 0 saturated heterocycles. The highest BCUT2D eigenvalue weighted by Gasteiger charge is 2.88. The van der Waals surface area contributed by atoms with Crippen LogP contribution in [-0.4, -0.2) is 11.1 Å². The Bertz CT molecular complexity index is 1220. The monoisotopic (exact) mass is 691 g/mol. The van der Waals surface area contributed by atoms with Gasteiger partial charge in [0.1, 0.15) is 0 Å². The van der Waals surface area contributed by atoms with Crippen molar-refractivity contribution in [3.8, 4) is 0 Å². The Labute approximate surface area is 310 Å². The van der Waals surface area contributed by atoms with Crippen molar-refractivity contribution in [3.05, 3.63) is 24.3 Å². The molecule has 0 aliphatic heterocycles. The molecule has 9 aliphatic rings. The Morgan fingerprint density at radius 3 is 1.60 bits per heavy atom. The number of carboxylic acids is 1. The van der Waals surface area contributed by atoms with E-state index in [-0.39, 0.29) is 0 Å². The largest absolute Gasteiger partial charge is 0.481 e. The minimum Gasteiger partial charge on any atom is -0.481 e. The van der Waals surface area contributed by atoms with Crippen LogP contribution >= 0.6 is 0 Å². The third-order valence-electron chi connectivity index (χ3n) is 18.8. The van der Waals surface area contributed by atoms with Crippen molar-refractivity contribution in [2.24, 2.45) is 67.5 Å². The molecule has 9 saturated carbocycles. The van der Waals surface area contributed by atoms with E-state index in [9.17, 15) is 4.79 Å². The lowest BCUT2D eigenvalue weighted by Gasteiger charge is -2.92. The summed E-state index contributed by atoms with van der Waals surface area (Å²) in [6.45, 7) is 26.9. The number of aliphatic carboxylic acids is 1. The summed E-state index contributed by atoms with van der Waals surface area (Å²) in [7, 11) is 0. The van der Waals surface area contributed by atoms with Gasteiger partial charge in [0, 0.05) is 6.42 Å². The molecule has 9 rings (SSSR count). The summed E-state index contributed by atoms with van der Waals surface area (Å²) in [5.74, 6) is 4.11. The molecule has 2 nitrogen and oxygen atoms in total. The normalized spacial score (nSPS) is 41.4. The molecule has 0 aromatic carbocycles. The van der Waals surface area contributed by atoms with Crippen LogP contribution in [0.3, 0.4) is 0 Å². The maximum atomic E-state index is 10.3. The van der Waals surface area contributed by atoms with Crippen LogP contribution in [0.15, 0.2) is 24.3 Å². The lowest BCUT2D eigenvalue weighted by molar-refractivity contribution is -0.441. The van der Waals surface area contributed by atoms with E-state index in [2.05, 4.69) is 93.5 Å². The number of carbonyl (C=O) groups is 1. The van der Waals surface area contributed by atoms with Gasteiger partial charge in [-0.2, -0.15) is 0 Å². The van der Waals surface area contributed by atoms with Crippen molar-refractivity contribution in [1.29, 1.82) is 0 Å². The Morgan fingerprint density at radius 2 is 1.10 bits per heavy atom. The molecule has 0 heterocycles. The van der Waals surface area contributed by atoms with Crippen molar-refractivity contribution >= 4 is 5.97 Å². The highest BCUT2D eigenvalue weighted by molar-refractivity contribution is 5.66. The fourth-order valence-corrected chi connectivity index (χ4v) is 16.0. The lowest BCUT2D eigenvalue weighted by Crippen LogP contribution is -2.86. The van der Waals surface area contributed by atoms with Gasteiger partial charge < -0.3 is 5.11 Å². The number of unbranched alkanes of at least 4 members (excludes halogenated alkanes) is 8. The van der Waals surface area contributed by atoms with Crippen LogP contribution < -0.4 is 0 Å². The summed E-state index contributed by atoms with van der Waals surface area (Å²) in [6.07, 6.45) is 36.0. The zero-order valence-corrected chi connectivity index (χ0v) is 34.9. The van der Waals surface area contributed by atoms with Gasteiger partial charge in [-0.05, 0) is 164 Å². The second kappa shape index (κ2) is 15.0. The van der Waals surface area contributed by atoms with Gasteiger partial charge in [0.25, 0.3) is 0 Å². The molecule has 0 spiro atoms. The standard InChI is InChI=1S/C30H50.C18H32O2/c1-19-10-12-21-16-28(19,24(21,3)4)27(9)15-14-23-18-30(27,26(23,7)8)29-17-22(25(29,5)6)13-11-20(29)2;1-2-3-4-5-6-7-8-9-10-11-12-13-14-15-16-17-18(19)20/h19-23H,10-18H2,1-9H3;6-7,9-10H,2-5,8,11-17H2,1H3,(H,19,20)/b;7-6-,10-9-. The van der Waals surface area contributed by atoms with E-state index in [1.165, 1.54) is 83.5 Å². The first kappa shape index (κ1) is 40.1. The van der Waals surface area contributed by atoms with Crippen LogP contribution in [-0.2, 0) is 4.79 Å². The molecule has 6 bridgehead atoms. The molecule has 0 radical (unpaired) electrons. The van der Waals surface area contributed by atoms with E-state index >= 15 is 0 Å². The molecule has 9 atom stereocenters. The SMILES string of the molecule is CC1CCC2CC1(C1(C)CCC3CC1(C14CC(CCC1C)C4(C)C)C3(C)C)C2(C)C.CCCCC/C=C\C/C=C\CCCCCCCC(=O)O. The highest BCUT2D eigenvalue weighted by Crippen LogP contribution is 2.95. The quantitative estimate of drug-likeness (QED) is 0.129. The van der Waals surface area contributed by atoms with Crippen molar-refractivity contribution < 1.29 is 9.90 Å². The van der Waals surface area contributed by atoms with Gasteiger partial charge in [-0.1, -0.05) is 126 Å². The molecule has 0 aromatic rings. The van der Waals surface area contributed by atoms with Gasteiger partial charge in [0.05, 0.1) is 0 Å². The van der Waals surface area contributed by atoms with Gasteiger partial charge in [-0.25, -0.2) is 0 Å². The number of allylic oxidation sites excluding steroid dienone is 4. The van der Waals surface area contributed by atoms with Crippen LogP contribution in [0.2, 0.25) is 0 Å². The average molecular weight is 691 g/mol. The first-order valence-corrected chi connectivity index (χ1v) is 22.1. The van der Waals surface area contributed by atoms with E-state index in [1.54, 1.807) is 19.3 Å². The summed E-state index contributed by atoms with van der Waals surface area (Å²) in [5.41, 5.74) is 3.78. The number of carboxylic acid groups (broad SMARTS) is 1. The van der Waals surface area contributed by atoms with Crippen LogP contribution in [0.5, 0.6) is 0 Å². The van der Waals surface area contributed by atoms with Crippen molar-refractivity contribution in [3.63, 3.8) is 0 Å². The molecule has 0 aromatic heterocycles. The molecule has 9 fully saturated rings. The van der Waals surface area contributed by atoms with Gasteiger partial charge in [-0.15, -0.1) is 0 Å². The third-order valence-corrected chi connectivity index (χ3v) is 18.8. The lowest BCUT2D eigenvalue weighted by atomic mass is 9.12. The summed E-state index contributed by atoms with van der Waals surface area (Å²) in [6, 6.07) is 0. The fraction of sp³-hybridized carbons (Fsp3) is 0.896. The van der Waals surface area contributed by atoms with Crippen molar-refractivity contribution in [2.45, 2.75) is 204 Å². The highest BCUT2D eigenvalue weighted by atomic mass is 16.4. The van der Waals surface area contributed by atoms with Crippen LogP contribution in [0.4, 0.5) is 0 Å². The van der Waals surface area contributed by atoms with E-state index in [0.29, 0.717) is 44.3 Å². The minimum atomic E-state index is -0.671. The fourth-order valence-electron chi connectivity index (χ4n) is 16.0. The summed E-state index contributed by atoms with van der Waals surface area (Å²) in [4.78, 5) is 10.3. The predicted octanol–water partition coefficient (Wildman–Crippen LogP) is 14.6. The zero-order valence-electron chi connectivity index (χ0n) is 34.9. The van der Waals surface area contributed by atoms with Crippen molar-refractivity contribution in [2.75, 3.05) is 0 Å². The molecule has 286 valence electrons.